The van der Waals surface area contributed by atoms with Crippen LogP contribution in [0.4, 0.5) is 0 Å². The summed E-state index contributed by atoms with van der Waals surface area (Å²) < 4.78 is 4.85. The van der Waals surface area contributed by atoms with E-state index in [0.29, 0.717) is 21.4 Å². The first-order chi connectivity index (χ1) is 15.2. The van der Waals surface area contributed by atoms with Crippen molar-refractivity contribution in [2.45, 2.75) is 0 Å². The van der Waals surface area contributed by atoms with Crippen LogP contribution >= 0.6 is 11.3 Å². The van der Waals surface area contributed by atoms with Crippen LogP contribution in [0.2, 0.25) is 0 Å². The largest absolute Gasteiger partial charge is 0.274 e. The summed E-state index contributed by atoms with van der Waals surface area (Å²) >= 11 is 1.41. The van der Waals surface area contributed by atoms with Crippen molar-refractivity contribution in [2.24, 2.45) is 0 Å². The van der Waals surface area contributed by atoms with Gasteiger partial charge in [0.15, 0.2) is 5.65 Å². The van der Waals surface area contributed by atoms with Gasteiger partial charge in [0.1, 0.15) is 10.3 Å². The molecule has 8 rings (SSSR count). The first-order valence-corrected chi connectivity index (χ1v) is 10.7. The summed E-state index contributed by atoms with van der Waals surface area (Å²) in [4.78, 5) is 36.6. The van der Waals surface area contributed by atoms with Crippen molar-refractivity contribution in [3.63, 3.8) is 0 Å². The van der Waals surface area contributed by atoms with Crippen LogP contribution < -0.4 is 11.1 Å². The van der Waals surface area contributed by atoms with E-state index in [9.17, 15) is 9.59 Å². The minimum absolute atomic E-state index is 0.105. The molecule has 0 fully saturated rings. The molecule has 0 saturated carbocycles. The Morgan fingerprint density at radius 3 is 1.94 bits per heavy atom. The third-order valence-electron chi connectivity index (χ3n) is 6.26. The van der Waals surface area contributed by atoms with E-state index in [0.717, 1.165) is 42.9 Å². The van der Waals surface area contributed by atoms with Crippen molar-refractivity contribution >= 4 is 75.6 Å². The summed E-state index contributed by atoms with van der Waals surface area (Å²) in [6, 6.07) is 19.0. The molecule has 0 bridgehead atoms. The number of imidazole rings is 2. The van der Waals surface area contributed by atoms with E-state index in [-0.39, 0.29) is 11.1 Å². The second-order valence-electron chi connectivity index (χ2n) is 7.80. The zero-order valence-corrected chi connectivity index (χ0v) is 16.6. The Kier molecular flexibility index (Phi) is 2.51. The minimum atomic E-state index is -0.112. The molecule has 0 spiro atoms. The fourth-order valence-corrected chi connectivity index (χ4v) is 6.21. The Balaban J connectivity index is 1.75. The van der Waals surface area contributed by atoms with Gasteiger partial charge in [-0.1, -0.05) is 24.3 Å². The summed E-state index contributed by atoms with van der Waals surface area (Å²) in [6.07, 6.45) is 0. The smallest absolute Gasteiger partial charge is 0.268 e. The van der Waals surface area contributed by atoms with Gasteiger partial charge < -0.3 is 0 Å². The topological polar surface area (TPSA) is 68.7 Å². The quantitative estimate of drug-likeness (QED) is 0.342. The highest BCUT2D eigenvalue weighted by atomic mass is 32.1. The second-order valence-corrected chi connectivity index (χ2v) is 8.82. The highest BCUT2D eigenvalue weighted by Crippen LogP contribution is 2.41. The van der Waals surface area contributed by atoms with E-state index in [2.05, 4.69) is 0 Å². The van der Waals surface area contributed by atoms with Crippen LogP contribution in [0.15, 0.2) is 70.3 Å². The molecule has 0 aliphatic carbocycles. The molecule has 5 heterocycles. The van der Waals surface area contributed by atoms with Gasteiger partial charge in [-0.3, -0.25) is 18.4 Å². The number of pyridine rings is 2. The van der Waals surface area contributed by atoms with Gasteiger partial charge in [-0.25, -0.2) is 9.97 Å². The van der Waals surface area contributed by atoms with Crippen LogP contribution in [0.25, 0.3) is 64.3 Å². The van der Waals surface area contributed by atoms with Gasteiger partial charge >= 0.3 is 0 Å². The van der Waals surface area contributed by atoms with E-state index in [4.69, 9.17) is 9.97 Å². The molecule has 31 heavy (non-hydrogen) atoms. The van der Waals surface area contributed by atoms with Gasteiger partial charge in [0, 0.05) is 21.5 Å². The highest BCUT2D eigenvalue weighted by molar-refractivity contribution is 7.26. The maximum absolute atomic E-state index is 13.6. The number of benzene rings is 3. The van der Waals surface area contributed by atoms with E-state index in [1.54, 1.807) is 8.80 Å². The van der Waals surface area contributed by atoms with Crippen LogP contribution in [0.3, 0.4) is 0 Å². The number of para-hydroxylation sites is 4. The lowest BCUT2D eigenvalue weighted by Crippen LogP contribution is -2.13. The Labute approximate surface area is 175 Å². The van der Waals surface area contributed by atoms with Crippen molar-refractivity contribution < 1.29 is 0 Å². The lowest BCUT2D eigenvalue weighted by atomic mass is 10.0. The second kappa shape index (κ2) is 4.96. The molecule has 5 aromatic heterocycles. The lowest BCUT2D eigenvalue weighted by Gasteiger charge is -2.04. The molecule has 8 aromatic rings. The van der Waals surface area contributed by atoms with Crippen molar-refractivity contribution in [1.29, 1.82) is 0 Å². The molecule has 3 aromatic carbocycles. The van der Waals surface area contributed by atoms with Gasteiger partial charge in [0.05, 0.1) is 26.8 Å². The van der Waals surface area contributed by atoms with Gasteiger partial charge in [-0.05, 0) is 36.4 Å². The molecule has 0 radical (unpaired) electrons. The van der Waals surface area contributed by atoms with Gasteiger partial charge in [-0.15, -0.1) is 11.3 Å². The first-order valence-electron chi connectivity index (χ1n) is 9.87. The van der Waals surface area contributed by atoms with Crippen LogP contribution in [0, 0.1) is 0 Å². The Morgan fingerprint density at radius 2 is 1.19 bits per heavy atom. The van der Waals surface area contributed by atoms with Gasteiger partial charge in [0.25, 0.3) is 11.1 Å². The van der Waals surface area contributed by atoms with Crippen LogP contribution in [-0.2, 0) is 0 Å². The summed E-state index contributed by atoms with van der Waals surface area (Å²) in [5.74, 6) is 0. The zero-order valence-electron chi connectivity index (χ0n) is 15.8. The molecule has 0 aliphatic heterocycles. The molecule has 144 valence electrons. The van der Waals surface area contributed by atoms with E-state index in [1.807, 2.05) is 60.7 Å². The van der Waals surface area contributed by atoms with E-state index >= 15 is 0 Å². The monoisotopic (exact) mass is 418 g/mol. The lowest BCUT2D eigenvalue weighted by molar-refractivity contribution is 1.19. The Morgan fingerprint density at radius 1 is 0.613 bits per heavy atom. The molecule has 7 heteroatoms. The van der Waals surface area contributed by atoms with Gasteiger partial charge in [-0.2, -0.15) is 0 Å². The summed E-state index contributed by atoms with van der Waals surface area (Å²) in [5.41, 5.74) is 4.13. The first kappa shape index (κ1) is 15.7. The predicted octanol–water partition coefficient (Wildman–Crippen LogP) is 4.41. The van der Waals surface area contributed by atoms with Crippen molar-refractivity contribution in [3.8, 4) is 0 Å². The maximum atomic E-state index is 13.6. The van der Waals surface area contributed by atoms with Crippen molar-refractivity contribution in [1.82, 2.24) is 18.8 Å². The average molecular weight is 418 g/mol. The molecule has 0 aliphatic rings. The molecular weight excluding hydrogens is 408 g/mol. The molecule has 0 saturated heterocycles. The number of rotatable bonds is 0. The number of aromatic nitrogens is 4. The third-order valence-corrected chi connectivity index (χ3v) is 7.43. The van der Waals surface area contributed by atoms with Crippen molar-refractivity contribution in [3.05, 3.63) is 81.4 Å². The van der Waals surface area contributed by atoms with Crippen molar-refractivity contribution in [2.75, 3.05) is 0 Å². The third kappa shape index (κ3) is 1.64. The number of hydrogen-bond donors (Lipinski definition) is 0. The SMILES string of the molecule is O=c1c2sc3c4c(ccc(c24)c2nc4ccccc4n12)c(=O)n1c2ccccc2nc31. The standard InChI is InChI=1S/C24H10N4O2S/c29-23-12-10-9-11-17-18(12)19(22-26-14-6-2-4-8-16(14)28(22)23)31-20(17)24(30)27-15-7-3-1-5-13(15)25-21(11)27/h1-10H. The summed E-state index contributed by atoms with van der Waals surface area (Å²) in [5, 5.41) is 3.11. The molecular formula is C24H10N4O2S. The number of thiophene rings is 1. The highest BCUT2D eigenvalue weighted by Gasteiger charge is 2.24. The average Bonchev–Trinajstić information content (AvgIpc) is 3.48. The molecule has 6 nitrogen and oxygen atoms in total. The summed E-state index contributed by atoms with van der Waals surface area (Å²) in [7, 11) is 0. The Hall–Kier alpha value is -4.10. The van der Waals surface area contributed by atoms with E-state index in [1.165, 1.54) is 11.3 Å². The molecule has 0 unspecified atom stereocenters. The van der Waals surface area contributed by atoms with Crippen LogP contribution in [0.5, 0.6) is 0 Å². The molecule has 0 atom stereocenters. The van der Waals surface area contributed by atoms with E-state index < -0.39 is 0 Å². The molecule has 0 N–H and O–H groups in total. The Bertz CT molecular complexity index is 2150. The molecule has 0 amide bonds. The fourth-order valence-electron chi connectivity index (χ4n) is 4.97. The van der Waals surface area contributed by atoms with Crippen LogP contribution in [0.1, 0.15) is 0 Å². The fraction of sp³-hybridized carbons (Fsp3) is 0. The summed E-state index contributed by atoms with van der Waals surface area (Å²) in [6.45, 7) is 0. The zero-order chi connectivity index (χ0) is 20.4. The predicted molar refractivity (Wildman–Crippen MR) is 124 cm³/mol. The number of hydrogen-bond acceptors (Lipinski definition) is 5. The normalized spacial score (nSPS) is 12.8. The van der Waals surface area contributed by atoms with Crippen LogP contribution in [-0.4, -0.2) is 18.8 Å². The number of nitrogens with zero attached hydrogens (tertiary/aromatic N) is 4. The number of fused-ring (bicyclic) bond motifs is 8. The maximum Gasteiger partial charge on any atom is 0.274 e. The minimum Gasteiger partial charge on any atom is -0.268 e. The van der Waals surface area contributed by atoms with Gasteiger partial charge in [0.2, 0.25) is 0 Å².